The molecule has 0 saturated carbocycles. The lowest BCUT2D eigenvalue weighted by molar-refractivity contribution is 0.304. The maximum Gasteiger partial charge on any atom is 0.122 e. The summed E-state index contributed by atoms with van der Waals surface area (Å²) in [4.78, 5) is 0. The first-order chi connectivity index (χ1) is 9.11. The second kappa shape index (κ2) is 5.79. The van der Waals surface area contributed by atoms with E-state index in [1.807, 2.05) is 13.1 Å². The Balaban J connectivity index is 2.19. The standard InChI is InChI=1S/C17H21NO/c1-12-8-9-17(14(3)10-12)19-11-15-13(2)6-5-7-16(15)18-4/h5-10,18H,11H2,1-4H3. The average Bonchev–Trinajstić information content (AvgIpc) is 2.39. The van der Waals surface area contributed by atoms with Crippen LogP contribution in [0.15, 0.2) is 36.4 Å². The third-order valence-electron chi connectivity index (χ3n) is 3.38. The quantitative estimate of drug-likeness (QED) is 0.882. The Hall–Kier alpha value is -1.96. The summed E-state index contributed by atoms with van der Waals surface area (Å²) in [5, 5.41) is 3.22. The van der Waals surface area contributed by atoms with E-state index in [2.05, 4.69) is 56.4 Å². The Bertz CT molecular complexity index is 575. The van der Waals surface area contributed by atoms with Crippen LogP contribution in [0.5, 0.6) is 5.75 Å². The highest BCUT2D eigenvalue weighted by Gasteiger charge is 2.06. The van der Waals surface area contributed by atoms with Crippen LogP contribution in [0, 0.1) is 20.8 Å². The van der Waals surface area contributed by atoms with Gasteiger partial charge in [0.05, 0.1) is 0 Å². The molecule has 0 fully saturated rings. The highest BCUT2D eigenvalue weighted by atomic mass is 16.5. The summed E-state index contributed by atoms with van der Waals surface area (Å²) in [5.41, 5.74) is 6.03. The molecular formula is C17H21NO. The van der Waals surface area contributed by atoms with E-state index in [9.17, 15) is 0 Å². The minimum absolute atomic E-state index is 0.590. The van der Waals surface area contributed by atoms with Crippen LogP contribution in [-0.2, 0) is 6.61 Å². The van der Waals surface area contributed by atoms with Gasteiger partial charge in [0.15, 0.2) is 0 Å². The first-order valence-electron chi connectivity index (χ1n) is 6.58. The van der Waals surface area contributed by atoms with Crippen molar-refractivity contribution in [2.45, 2.75) is 27.4 Å². The second-order valence-corrected chi connectivity index (χ2v) is 4.91. The van der Waals surface area contributed by atoms with Gasteiger partial charge in [-0.25, -0.2) is 0 Å². The van der Waals surface area contributed by atoms with Gasteiger partial charge in [0.2, 0.25) is 0 Å². The molecule has 0 saturated heterocycles. The predicted molar refractivity (Wildman–Crippen MR) is 81.0 cm³/mol. The lowest BCUT2D eigenvalue weighted by Gasteiger charge is -2.15. The third-order valence-corrected chi connectivity index (χ3v) is 3.38. The van der Waals surface area contributed by atoms with E-state index in [1.165, 1.54) is 22.3 Å². The van der Waals surface area contributed by atoms with Crippen molar-refractivity contribution in [3.63, 3.8) is 0 Å². The van der Waals surface area contributed by atoms with Gasteiger partial charge in [0.25, 0.3) is 0 Å². The minimum Gasteiger partial charge on any atom is -0.489 e. The summed E-state index contributed by atoms with van der Waals surface area (Å²) in [5.74, 6) is 0.955. The summed E-state index contributed by atoms with van der Waals surface area (Å²) in [6, 6.07) is 12.5. The highest BCUT2D eigenvalue weighted by molar-refractivity contribution is 5.54. The Morgan fingerprint density at radius 3 is 2.47 bits per heavy atom. The van der Waals surface area contributed by atoms with Crippen LogP contribution in [-0.4, -0.2) is 7.05 Å². The number of hydrogen-bond donors (Lipinski definition) is 1. The molecule has 0 aliphatic rings. The van der Waals surface area contributed by atoms with Crippen LogP contribution < -0.4 is 10.1 Å². The molecule has 100 valence electrons. The first kappa shape index (κ1) is 13.5. The molecular weight excluding hydrogens is 234 g/mol. The molecule has 0 aromatic heterocycles. The molecule has 0 bridgehead atoms. The molecule has 2 heteroatoms. The van der Waals surface area contributed by atoms with Crippen LogP contribution in [0.4, 0.5) is 5.69 Å². The fourth-order valence-corrected chi connectivity index (χ4v) is 2.24. The highest BCUT2D eigenvalue weighted by Crippen LogP contribution is 2.24. The minimum atomic E-state index is 0.590. The van der Waals surface area contributed by atoms with Crippen LogP contribution in [0.25, 0.3) is 0 Å². The fraction of sp³-hybridized carbons (Fsp3) is 0.294. The number of ether oxygens (including phenoxy) is 1. The Kier molecular flexibility index (Phi) is 4.10. The molecule has 2 rings (SSSR count). The number of anilines is 1. The zero-order chi connectivity index (χ0) is 13.8. The van der Waals surface area contributed by atoms with Gasteiger partial charge >= 0.3 is 0 Å². The van der Waals surface area contributed by atoms with E-state index < -0.39 is 0 Å². The van der Waals surface area contributed by atoms with Crippen LogP contribution >= 0.6 is 0 Å². The SMILES string of the molecule is CNc1cccc(C)c1COc1ccc(C)cc1C. The molecule has 19 heavy (non-hydrogen) atoms. The van der Waals surface area contributed by atoms with E-state index >= 15 is 0 Å². The van der Waals surface area contributed by atoms with Crippen molar-refractivity contribution in [3.05, 3.63) is 58.7 Å². The van der Waals surface area contributed by atoms with Crippen molar-refractivity contribution in [1.29, 1.82) is 0 Å². The molecule has 0 aliphatic heterocycles. The number of benzene rings is 2. The second-order valence-electron chi connectivity index (χ2n) is 4.91. The van der Waals surface area contributed by atoms with Crippen molar-refractivity contribution in [2.24, 2.45) is 0 Å². The predicted octanol–water partition coefficient (Wildman–Crippen LogP) is 4.23. The summed E-state index contributed by atoms with van der Waals surface area (Å²) in [6.45, 7) is 6.88. The topological polar surface area (TPSA) is 21.3 Å². The lowest BCUT2D eigenvalue weighted by Crippen LogP contribution is -2.03. The maximum absolute atomic E-state index is 5.96. The molecule has 2 nitrogen and oxygen atoms in total. The number of aryl methyl sites for hydroxylation is 3. The first-order valence-corrected chi connectivity index (χ1v) is 6.58. The third kappa shape index (κ3) is 3.08. The smallest absolute Gasteiger partial charge is 0.122 e. The van der Waals surface area contributed by atoms with E-state index in [0.29, 0.717) is 6.61 Å². The summed E-state index contributed by atoms with van der Waals surface area (Å²) >= 11 is 0. The molecule has 0 spiro atoms. The van der Waals surface area contributed by atoms with Crippen LogP contribution in [0.1, 0.15) is 22.3 Å². The van der Waals surface area contributed by atoms with Crippen molar-refractivity contribution in [3.8, 4) is 5.75 Å². The average molecular weight is 255 g/mol. The van der Waals surface area contributed by atoms with Crippen LogP contribution in [0.3, 0.4) is 0 Å². The Labute approximate surface area is 115 Å². The van der Waals surface area contributed by atoms with E-state index in [-0.39, 0.29) is 0 Å². The largest absolute Gasteiger partial charge is 0.489 e. The normalized spacial score (nSPS) is 10.3. The molecule has 2 aromatic rings. The maximum atomic E-state index is 5.96. The Morgan fingerprint density at radius 2 is 1.79 bits per heavy atom. The van der Waals surface area contributed by atoms with Gasteiger partial charge in [0.1, 0.15) is 12.4 Å². The van der Waals surface area contributed by atoms with E-state index in [1.54, 1.807) is 0 Å². The lowest BCUT2D eigenvalue weighted by atomic mass is 10.1. The molecule has 1 N–H and O–H groups in total. The van der Waals surface area contributed by atoms with Gasteiger partial charge in [-0.3, -0.25) is 0 Å². The van der Waals surface area contributed by atoms with Gasteiger partial charge in [0, 0.05) is 18.3 Å². The summed E-state index contributed by atoms with van der Waals surface area (Å²) < 4.78 is 5.96. The van der Waals surface area contributed by atoms with Gasteiger partial charge in [-0.15, -0.1) is 0 Å². The van der Waals surface area contributed by atoms with E-state index in [0.717, 1.165) is 11.4 Å². The van der Waals surface area contributed by atoms with Gasteiger partial charge in [-0.05, 0) is 44.0 Å². The zero-order valence-corrected chi connectivity index (χ0v) is 12.1. The van der Waals surface area contributed by atoms with E-state index in [4.69, 9.17) is 4.74 Å². The van der Waals surface area contributed by atoms with Crippen molar-refractivity contribution < 1.29 is 4.74 Å². The summed E-state index contributed by atoms with van der Waals surface area (Å²) in [6.07, 6.45) is 0. The molecule has 2 aromatic carbocycles. The fourth-order valence-electron chi connectivity index (χ4n) is 2.24. The van der Waals surface area contributed by atoms with Gasteiger partial charge in [-0.1, -0.05) is 29.8 Å². The van der Waals surface area contributed by atoms with Crippen molar-refractivity contribution in [1.82, 2.24) is 0 Å². The molecule has 0 atom stereocenters. The summed E-state index contributed by atoms with van der Waals surface area (Å²) in [7, 11) is 1.94. The number of nitrogens with one attached hydrogen (secondary N) is 1. The number of rotatable bonds is 4. The molecule has 0 amide bonds. The van der Waals surface area contributed by atoms with Gasteiger partial charge in [-0.2, -0.15) is 0 Å². The van der Waals surface area contributed by atoms with Crippen molar-refractivity contribution in [2.75, 3.05) is 12.4 Å². The molecule has 0 radical (unpaired) electrons. The monoisotopic (exact) mass is 255 g/mol. The molecule has 0 heterocycles. The van der Waals surface area contributed by atoms with Crippen LogP contribution in [0.2, 0.25) is 0 Å². The zero-order valence-electron chi connectivity index (χ0n) is 12.1. The van der Waals surface area contributed by atoms with Crippen molar-refractivity contribution >= 4 is 5.69 Å². The molecule has 0 aliphatic carbocycles. The Morgan fingerprint density at radius 1 is 1.00 bits per heavy atom. The number of hydrogen-bond acceptors (Lipinski definition) is 2. The van der Waals surface area contributed by atoms with Gasteiger partial charge < -0.3 is 10.1 Å². The molecule has 0 unspecified atom stereocenters.